The number of hydrogen-bond acceptors (Lipinski definition) is 4. The molecule has 0 aliphatic carbocycles. The lowest BCUT2D eigenvalue weighted by Crippen LogP contribution is -2.34. The SMILES string of the molecule is O=C(NC(=S)Nc1ccc2oc(-c3cc(I)ccc3Br)nc2c1)c1ccccc1I. The maximum Gasteiger partial charge on any atom is 0.258 e. The molecule has 0 fully saturated rings. The summed E-state index contributed by atoms with van der Waals surface area (Å²) in [5, 5.41) is 5.94. The summed E-state index contributed by atoms with van der Waals surface area (Å²) in [5.74, 6) is 0.271. The van der Waals surface area contributed by atoms with Crippen molar-refractivity contribution in [1.82, 2.24) is 10.3 Å². The van der Waals surface area contributed by atoms with Crippen molar-refractivity contribution in [1.29, 1.82) is 0 Å². The van der Waals surface area contributed by atoms with Crippen LogP contribution in [-0.4, -0.2) is 16.0 Å². The Hall–Kier alpha value is -1.57. The van der Waals surface area contributed by atoms with Gasteiger partial charge in [0.05, 0.1) is 11.1 Å². The predicted octanol–water partition coefficient (Wildman–Crippen LogP) is 6.59. The molecule has 0 spiro atoms. The lowest BCUT2D eigenvalue weighted by atomic mass is 10.2. The lowest BCUT2D eigenvalue weighted by molar-refractivity contribution is 0.0977. The molecule has 30 heavy (non-hydrogen) atoms. The highest BCUT2D eigenvalue weighted by molar-refractivity contribution is 14.1. The Morgan fingerprint density at radius 3 is 2.67 bits per heavy atom. The highest BCUT2D eigenvalue weighted by atomic mass is 127. The minimum atomic E-state index is -0.258. The molecule has 9 heteroatoms. The second kappa shape index (κ2) is 9.28. The number of nitrogens with zero attached hydrogens (tertiary/aromatic N) is 1. The number of halogens is 3. The number of aromatic nitrogens is 1. The van der Waals surface area contributed by atoms with Gasteiger partial charge in [0.15, 0.2) is 10.7 Å². The first-order valence-corrected chi connectivity index (χ1v) is 12.0. The van der Waals surface area contributed by atoms with Crippen molar-refractivity contribution < 1.29 is 9.21 Å². The smallest absolute Gasteiger partial charge is 0.258 e. The number of oxazole rings is 1. The van der Waals surface area contributed by atoms with E-state index in [1.54, 1.807) is 6.07 Å². The van der Waals surface area contributed by atoms with Crippen molar-refractivity contribution in [3.8, 4) is 11.5 Å². The number of hydrogen-bond donors (Lipinski definition) is 2. The van der Waals surface area contributed by atoms with Crippen LogP contribution in [0.15, 0.2) is 69.6 Å². The molecule has 1 heterocycles. The van der Waals surface area contributed by atoms with E-state index in [9.17, 15) is 4.79 Å². The lowest BCUT2D eigenvalue weighted by Gasteiger charge is -2.10. The van der Waals surface area contributed by atoms with Gasteiger partial charge >= 0.3 is 0 Å². The van der Waals surface area contributed by atoms with Crippen molar-refractivity contribution in [3.05, 3.63) is 77.8 Å². The maximum absolute atomic E-state index is 12.4. The number of carbonyl (C=O) groups is 1. The molecule has 0 aliphatic rings. The molecule has 1 aromatic heterocycles. The van der Waals surface area contributed by atoms with Gasteiger partial charge in [0.25, 0.3) is 5.91 Å². The van der Waals surface area contributed by atoms with E-state index in [0.29, 0.717) is 28.2 Å². The van der Waals surface area contributed by atoms with Gasteiger partial charge in [-0.05, 0) is 122 Å². The zero-order chi connectivity index (χ0) is 21.3. The number of nitrogens with one attached hydrogen (secondary N) is 2. The summed E-state index contributed by atoms with van der Waals surface area (Å²) in [7, 11) is 0. The quantitative estimate of drug-likeness (QED) is 0.186. The maximum atomic E-state index is 12.4. The zero-order valence-corrected chi connectivity index (χ0v) is 21.8. The molecule has 5 nitrogen and oxygen atoms in total. The number of benzene rings is 3. The molecule has 0 saturated heterocycles. The molecule has 0 saturated carbocycles. The van der Waals surface area contributed by atoms with E-state index < -0.39 is 0 Å². The van der Waals surface area contributed by atoms with Crippen LogP contribution in [0, 0.1) is 7.14 Å². The van der Waals surface area contributed by atoms with Gasteiger partial charge in [-0.15, -0.1) is 0 Å². The average molecular weight is 704 g/mol. The fraction of sp³-hybridized carbons (Fsp3) is 0. The van der Waals surface area contributed by atoms with Gasteiger partial charge in [0.1, 0.15) is 5.52 Å². The Balaban J connectivity index is 1.52. The fourth-order valence-electron chi connectivity index (χ4n) is 2.76. The monoisotopic (exact) mass is 703 g/mol. The highest BCUT2D eigenvalue weighted by Gasteiger charge is 2.14. The van der Waals surface area contributed by atoms with Crippen LogP contribution < -0.4 is 10.6 Å². The summed E-state index contributed by atoms with van der Waals surface area (Å²) in [5.41, 5.74) is 3.51. The number of thiocarbonyl (C=S) groups is 1. The van der Waals surface area contributed by atoms with Crippen LogP contribution >= 0.6 is 73.3 Å². The summed E-state index contributed by atoms with van der Waals surface area (Å²) in [6, 6.07) is 18.8. The molecule has 0 atom stereocenters. The van der Waals surface area contributed by atoms with Crippen LogP contribution in [0.25, 0.3) is 22.6 Å². The Labute approximate surface area is 213 Å². The van der Waals surface area contributed by atoms with E-state index in [-0.39, 0.29) is 11.0 Å². The summed E-state index contributed by atoms with van der Waals surface area (Å²) in [6.07, 6.45) is 0. The molecule has 0 unspecified atom stereocenters. The van der Waals surface area contributed by atoms with Crippen molar-refractivity contribution in [3.63, 3.8) is 0 Å². The van der Waals surface area contributed by atoms with Gasteiger partial charge in [-0.2, -0.15) is 0 Å². The van der Waals surface area contributed by atoms with Crippen LogP contribution in [0.2, 0.25) is 0 Å². The molecule has 0 aliphatic heterocycles. The van der Waals surface area contributed by atoms with Gasteiger partial charge in [0.2, 0.25) is 5.89 Å². The van der Waals surface area contributed by atoms with Gasteiger partial charge in [-0.3, -0.25) is 10.1 Å². The summed E-state index contributed by atoms with van der Waals surface area (Å²) >= 11 is 13.2. The third kappa shape index (κ3) is 4.84. The van der Waals surface area contributed by atoms with Crippen LogP contribution in [0.4, 0.5) is 5.69 Å². The second-order valence-corrected chi connectivity index (χ2v) is 9.88. The van der Waals surface area contributed by atoms with Crippen molar-refractivity contribution in [2.24, 2.45) is 0 Å². The van der Waals surface area contributed by atoms with E-state index in [1.807, 2.05) is 54.6 Å². The molecular weight excluding hydrogens is 692 g/mol. The third-order valence-electron chi connectivity index (χ3n) is 4.15. The summed E-state index contributed by atoms with van der Waals surface area (Å²) in [6.45, 7) is 0. The van der Waals surface area contributed by atoms with E-state index in [2.05, 4.69) is 76.7 Å². The molecular formula is C21H12BrI2N3O2S. The van der Waals surface area contributed by atoms with Gasteiger partial charge in [-0.1, -0.05) is 12.1 Å². The second-order valence-electron chi connectivity index (χ2n) is 6.21. The Morgan fingerprint density at radius 2 is 1.87 bits per heavy atom. The molecule has 0 radical (unpaired) electrons. The topological polar surface area (TPSA) is 67.2 Å². The van der Waals surface area contributed by atoms with Crippen LogP contribution in [0.5, 0.6) is 0 Å². The number of anilines is 1. The van der Waals surface area contributed by atoms with Gasteiger partial charge < -0.3 is 9.73 Å². The normalized spacial score (nSPS) is 10.8. The first kappa shape index (κ1) is 21.7. The summed E-state index contributed by atoms with van der Waals surface area (Å²) in [4.78, 5) is 17.0. The first-order chi connectivity index (χ1) is 14.4. The Bertz CT molecular complexity index is 1290. The number of carbonyl (C=O) groups excluding carboxylic acids is 1. The van der Waals surface area contributed by atoms with Gasteiger partial charge in [0, 0.05) is 17.3 Å². The van der Waals surface area contributed by atoms with Crippen molar-refractivity contribution >= 4 is 101 Å². The molecule has 4 aromatic rings. The number of amides is 1. The van der Waals surface area contributed by atoms with Crippen LogP contribution in [0.3, 0.4) is 0 Å². The van der Waals surface area contributed by atoms with Crippen LogP contribution in [0.1, 0.15) is 10.4 Å². The van der Waals surface area contributed by atoms with Crippen molar-refractivity contribution in [2.75, 3.05) is 5.32 Å². The predicted molar refractivity (Wildman–Crippen MR) is 143 cm³/mol. The fourth-order valence-corrected chi connectivity index (χ4v) is 4.51. The van der Waals surface area contributed by atoms with Crippen LogP contribution in [-0.2, 0) is 0 Å². The average Bonchev–Trinajstić information content (AvgIpc) is 3.13. The standard InChI is InChI=1S/C21H12BrI2N3O2S/c22-15-7-5-11(23)9-14(15)20-26-17-10-12(6-8-18(17)29-20)25-21(30)27-19(28)13-3-1-2-4-16(13)24/h1-10H,(H2,25,27,28,30). The molecule has 0 bridgehead atoms. The minimum absolute atomic E-state index is 0.211. The summed E-state index contributed by atoms with van der Waals surface area (Å²) < 4.78 is 8.76. The first-order valence-electron chi connectivity index (χ1n) is 8.63. The molecule has 2 N–H and O–H groups in total. The highest BCUT2D eigenvalue weighted by Crippen LogP contribution is 2.32. The molecule has 4 rings (SSSR count). The Kier molecular flexibility index (Phi) is 6.70. The molecule has 3 aromatic carbocycles. The molecule has 150 valence electrons. The number of rotatable bonds is 3. The van der Waals surface area contributed by atoms with E-state index in [1.165, 1.54) is 0 Å². The Morgan fingerprint density at radius 1 is 1.07 bits per heavy atom. The largest absolute Gasteiger partial charge is 0.436 e. The van der Waals surface area contributed by atoms with Gasteiger partial charge in [-0.25, -0.2) is 4.98 Å². The van der Waals surface area contributed by atoms with E-state index in [0.717, 1.165) is 17.2 Å². The van der Waals surface area contributed by atoms with Crippen molar-refractivity contribution in [2.45, 2.75) is 0 Å². The van der Waals surface area contributed by atoms with E-state index >= 15 is 0 Å². The minimum Gasteiger partial charge on any atom is -0.436 e. The number of fused-ring (bicyclic) bond motifs is 1. The molecule has 1 amide bonds. The van der Waals surface area contributed by atoms with E-state index in [4.69, 9.17) is 16.6 Å². The third-order valence-corrected chi connectivity index (χ3v) is 6.66. The zero-order valence-electron chi connectivity index (χ0n) is 15.1.